The molecule has 2 heterocycles. The summed E-state index contributed by atoms with van der Waals surface area (Å²) in [5, 5.41) is 13.3. The summed E-state index contributed by atoms with van der Waals surface area (Å²) in [6.07, 6.45) is 2.21. The molecular weight excluding hydrogens is 338 g/mol. The van der Waals surface area contributed by atoms with Crippen LogP contribution in [0.5, 0.6) is 5.75 Å². The lowest BCUT2D eigenvalue weighted by Crippen LogP contribution is -2.29. The van der Waals surface area contributed by atoms with E-state index in [4.69, 9.17) is 10.5 Å². The third kappa shape index (κ3) is 4.79. The Bertz CT molecular complexity index is 778. The molecule has 27 heavy (non-hydrogen) atoms. The molecule has 0 saturated carbocycles. The number of rotatable bonds is 5. The van der Waals surface area contributed by atoms with Crippen molar-refractivity contribution in [2.45, 2.75) is 46.1 Å². The van der Waals surface area contributed by atoms with Crippen LogP contribution in [0, 0.1) is 5.41 Å². The first-order valence-electron chi connectivity index (χ1n) is 9.72. The van der Waals surface area contributed by atoms with Crippen molar-refractivity contribution in [1.29, 1.82) is 0 Å². The number of nitrogens with one attached hydrogen (secondary N) is 1. The monoisotopic (exact) mass is 369 g/mol. The number of nitrogen functional groups attached to an aromatic ring is 1. The summed E-state index contributed by atoms with van der Waals surface area (Å²) in [4.78, 5) is 4.59. The lowest BCUT2D eigenvalue weighted by atomic mass is 9.88. The predicted molar refractivity (Wildman–Crippen MR) is 110 cm³/mol. The number of nitrogens with two attached hydrogens (primary N) is 1. The Kier molecular flexibility index (Phi) is 6.02. The second-order valence-corrected chi connectivity index (χ2v) is 8.51. The smallest absolute Gasteiger partial charge is 0.129 e. The van der Waals surface area contributed by atoms with E-state index in [0.717, 1.165) is 54.1 Å². The van der Waals surface area contributed by atoms with Crippen LogP contribution in [0.25, 0.3) is 11.3 Å². The lowest BCUT2D eigenvalue weighted by molar-refractivity contribution is 0.198. The SMILES string of the molecule is CC(C)(C)COc1ccccc1-c1cc(C2CCCNC2)c(CO)c(N)n1. The first-order valence-corrected chi connectivity index (χ1v) is 9.72. The van der Waals surface area contributed by atoms with Crippen LogP contribution in [-0.4, -0.2) is 29.8 Å². The first-order chi connectivity index (χ1) is 12.9. The Hall–Kier alpha value is -2.11. The molecule has 0 radical (unpaired) electrons. The molecule has 1 aromatic heterocycles. The van der Waals surface area contributed by atoms with Crippen LogP contribution in [0.2, 0.25) is 0 Å². The van der Waals surface area contributed by atoms with E-state index in [1.54, 1.807) is 0 Å². The number of anilines is 1. The number of pyridine rings is 1. The number of para-hydroxylation sites is 1. The Labute approximate surface area is 162 Å². The van der Waals surface area contributed by atoms with Crippen LogP contribution in [0.1, 0.15) is 50.7 Å². The van der Waals surface area contributed by atoms with Gasteiger partial charge in [-0.15, -0.1) is 0 Å². The van der Waals surface area contributed by atoms with Gasteiger partial charge in [0.2, 0.25) is 0 Å². The first kappa shape index (κ1) is 19.6. The van der Waals surface area contributed by atoms with E-state index in [1.807, 2.05) is 24.3 Å². The highest BCUT2D eigenvalue weighted by atomic mass is 16.5. The number of nitrogens with zero attached hydrogens (tertiary/aromatic N) is 1. The van der Waals surface area contributed by atoms with Gasteiger partial charge < -0.3 is 20.9 Å². The van der Waals surface area contributed by atoms with E-state index < -0.39 is 0 Å². The molecule has 2 aromatic rings. The molecular formula is C22H31N3O2. The fourth-order valence-electron chi connectivity index (χ4n) is 3.50. The molecule has 1 fully saturated rings. The van der Waals surface area contributed by atoms with Crippen molar-refractivity contribution in [3.8, 4) is 17.0 Å². The van der Waals surface area contributed by atoms with Crippen LogP contribution in [0.4, 0.5) is 5.82 Å². The van der Waals surface area contributed by atoms with Crippen molar-refractivity contribution >= 4 is 5.82 Å². The van der Waals surface area contributed by atoms with Gasteiger partial charge in [-0.3, -0.25) is 0 Å². The zero-order valence-electron chi connectivity index (χ0n) is 16.6. The van der Waals surface area contributed by atoms with Crippen LogP contribution < -0.4 is 15.8 Å². The Balaban J connectivity index is 2.01. The summed E-state index contributed by atoms with van der Waals surface area (Å²) in [5.41, 5.74) is 9.89. The van der Waals surface area contributed by atoms with Gasteiger partial charge in [-0.05, 0) is 54.5 Å². The number of aliphatic hydroxyl groups is 1. The number of aromatic nitrogens is 1. The molecule has 0 aliphatic carbocycles. The van der Waals surface area contributed by atoms with Crippen molar-refractivity contribution in [3.05, 3.63) is 41.5 Å². The summed E-state index contributed by atoms with van der Waals surface area (Å²) >= 11 is 0. The Morgan fingerprint density at radius 2 is 2.07 bits per heavy atom. The molecule has 0 amide bonds. The minimum atomic E-state index is -0.0902. The fourth-order valence-corrected chi connectivity index (χ4v) is 3.50. The minimum absolute atomic E-state index is 0.0687. The van der Waals surface area contributed by atoms with Gasteiger partial charge in [-0.2, -0.15) is 0 Å². The van der Waals surface area contributed by atoms with Crippen molar-refractivity contribution in [2.24, 2.45) is 5.41 Å². The third-order valence-electron chi connectivity index (χ3n) is 4.91. The van der Waals surface area contributed by atoms with Crippen LogP contribution >= 0.6 is 0 Å². The van der Waals surface area contributed by atoms with Crippen molar-refractivity contribution < 1.29 is 9.84 Å². The second-order valence-electron chi connectivity index (χ2n) is 8.51. The number of hydrogen-bond donors (Lipinski definition) is 3. The quantitative estimate of drug-likeness (QED) is 0.748. The molecule has 1 atom stereocenters. The van der Waals surface area contributed by atoms with E-state index in [1.165, 1.54) is 0 Å². The van der Waals surface area contributed by atoms with Gasteiger partial charge in [0.15, 0.2) is 0 Å². The van der Waals surface area contributed by atoms with E-state index in [2.05, 4.69) is 37.1 Å². The van der Waals surface area contributed by atoms with E-state index in [0.29, 0.717) is 18.3 Å². The zero-order chi connectivity index (χ0) is 19.4. The summed E-state index contributed by atoms with van der Waals surface area (Å²) < 4.78 is 6.10. The van der Waals surface area contributed by atoms with Gasteiger partial charge in [0, 0.05) is 17.7 Å². The molecule has 3 rings (SSSR count). The highest BCUT2D eigenvalue weighted by Crippen LogP contribution is 2.36. The van der Waals surface area contributed by atoms with Gasteiger partial charge in [-0.25, -0.2) is 4.98 Å². The lowest BCUT2D eigenvalue weighted by Gasteiger charge is -2.26. The number of hydrogen-bond acceptors (Lipinski definition) is 5. The molecule has 1 unspecified atom stereocenters. The summed E-state index contributed by atoms with van der Waals surface area (Å²) in [7, 11) is 0. The predicted octanol–water partition coefficient (Wildman–Crippen LogP) is 3.72. The number of aliphatic hydroxyl groups excluding tert-OH is 1. The van der Waals surface area contributed by atoms with E-state index in [-0.39, 0.29) is 12.0 Å². The maximum absolute atomic E-state index is 9.85. The van der Waals surface area contributed by atoms with Crippen LogP contribution in [-0.2, 0) is 6.61 Å². The fraction of sp³-hybridized carbons (Fsp3) is 0.500. The van der Waals surface area contributed by atoms with E-state index in [9.17, 15) is 5.11 Å². The highest BCUT2D eigenvalue weighted by molar-refractivity contribution is 5.70. The van der Waals surface area contributed by atoms with Gasteiger partial charge in [-0.1, -0.05) is 32.9 Å². The molecule has 4 N–H and O–H groups in total. The maximum atomic E-state index is 9.85. The minimum Gasteiger partial charge on any atom is -0.492 e. The van der Waals surface area contributed by atoms with Gasteiger partial charge in [0.05, 0.1) is 18.9 Å². The number of benzene rings is 1. The van der Waals surface area contributed by atoms with Gasteiger partial charge in [0.25, 0.3) is 0 Å². The Morgan fingerprint density at radius 1 is 1.30 bits per heavy atom. The summed E-state index contributed by atoms with van der Waals surface area (Å²) in [6, 6.07) is 10.0. The second kappa shape index (κ2) is 8.28. The van der Waals surface area contributed by atoms with Crippen molar-refractivity contribution in [3.63, 3.8) is 0 Å². The molecule has 1 aliphatic heterocycles. The Morgan fingerprint density at radius 3 is 2.74 bits per heavy atom. The highest BCUT2D eigenvalue weighted by Gasteiger charge is 2.22. The average Bonchev–Trinajstić information content (AvgIpc) is 2.66. The van der Waals surface area contributed by atoms with E-state index >= 15 is 0 Å². The normalized spacial score (nSPS) is 17.7. The molecule has 1 aromatic carbocycles. The number of ether oxygens (including phenoxy) is 1. The maximum Gasteiger partial charge on any atom is 0.129 e. The van der Waals surface area contributed by atoms with Crippen molar-refractivity contribution in [2.75, 3.05) is 25.4 Å². The largest absolute Gasteiger partial charge is 0.492 e. The molecule has 146 valence electrons. The molecule has 5 nitrogen and oxygen atoms in total. The molecule has 1 aliphatic rings. The molecule has 0 bridgehead atoms. The molecule has 1 saturated heterocycles. The molecule has 0 spiro atoms. The van der Waals surface area contributed by atoms with Gasteiger partial charge >= 0.3 is 0 Å². The number of piperidine rings is 1. The third-order valence-corrected chi connectivity index (χ3v) is 4.91. The van der Waals surface area contributed by atoms with Crippen LogP contribution in [0.3, 0.4) is 0 Å². The zero-order valence-corrected chi connectivity index (χ0v) is 16.6. The topological polar surface area (TPSA) is 80.4 Å². The molecule has 5 heteroatoms. The average molecular weight is 370 g/mol. The van der Waals surface area contributed by atoms with Crippen molar-refractivity contribution in [1.82, 2.24) is 10.3 Å². The van der Waals surface area contributed by atoms with Gasteiger partial charge in [0.1, 0.15) is 11.6 Å². The summed E-state index contributed by atoms with van der Waals surface area (Å²) in [5.74, 6) is 1.55. The van der Waals surface area contributed by atoms with Crippen LogP contribution in [0.15, 0.2) is 30.3 Å². The standard InChI is InChI=1S/C22H31N3O2/c1-22(2,3)14-27-20-9-5-4-8-16(20)19-11-17(15-7-6-10-24-12-15)18(13-26)21(23)25-19/h4-5,8-9,11,15,24,26H,6-7,10,12-14H2,1-3H3,(H2,23,25). The summed E-state index contributed by atoms with van der Waals surface area (Å²) in [6.45, 7) is 8.92.